The van der Waals surface area contributed by atoms with Crippen molar-refractivity contribution in [1.82, 2.24) is 0 Å². The Bertz CT molecular complexity index is 470. The van der Waals surface area contributed by atoms with E-state index in [-0.39, 0.29) is 11.5 Å². The molecule has 3 nitrogen and oxygen atoms in total. The number of hydrogen-bond donors (Lipinski definition) is 1. The number of phenolic OH excluding ortho intramolecular Hbond substituents is 1. The summed E-state index contributed by atoms with van der Waals surface area (Å²) in [5.74, 6) is -0.441. The third-order valence-electron chi connectivity index (χ3n) is 1.94. The van der Waals surface area contributed by atoms with Crippen LogP contribution in [0.1, 0.15) is 18.1 Å². The minimum atomic E-state index is -3.65. The Hall–Kier alpha value is -0.260. The molecule has 0 saturated heterocycles. The Morgan fingerprint density at radius 2 is 2.07 bits per heavy atom. The molecule has 0 aromatic heterocycles. The molecule has 0 unspecified atom stereocenters. The monoisotopic (exact) mass is 312 g/mol. The van der Waals surface area contributed by atoms with E-state index >= 15 is 0 Å². The highest BCUT2D eigenvalue weighted by molar-refractivity contribution is 9.10. The first-order chi connectivity index (χ1) is 6.83. The third-order valence-corrected chi connectivity index (χ3v) is 3.53. The fourth-order valence-corrected chi connectivity index (χ4v) is 2.71. The maximum atomic E-state index is 10.9. The van der Waals surface area contributed by atoms with E-state index in [0.717, 1.165) is 12.0 Å². The fraction of sp³-hybridized carbons (Fsp3) is 0.333. The molecule has 0 radical (unpaired) electrons. The first-order valence-electron chi connectivity index (χ1n) is 4.26. The number of aryl methyl sites for hydroxylation is 1. The van der Waals surface area contributed by atoms with Crippen LogP contribution in [0.15, 0.2) is 16.6 Å². The van der Waals surface area contributed by atoms with Crippen LogP contribution in [0.25, 0.3) is 0 Å². The quantitative estimate of drug-likeness (QED) is 0.873. The predicted molar refractivity (Wildman–Crippen MR) is 63.7 cm³/mol. The Morgan fingerprint density at radius 1 is 1.47 bits per heavy atom. The molecule has 0 fully saturated rings. The molecule has 0 aliphatic rings. The molecule has 1 aromatic rings. The van der Waals surface area contributed by atoms with Crippen molar-refractivity contribution in [2.75, 3.05) is 0 Å². The van der Waals surface area contributed by atoms with Crippen LogP contribution in [0.4, 0.5) is 0 Å². The van der Waals surface area contributed by atoms with Gasteiger partial charge in [-0.2, -0.15) is 0 Å². The maximum Gasteiger partial charge on any atom is 0.236 e. The predicted octanol–water partition coefficient (Wildman–Crippen LogP) is 2.79. The summed E-state index contributed by atoms with van der Waals surface area (Å²) in [6.07, 6.45) is 0.758. The molecular weight excluding hydrogens is 304 g/mol. The van der Waals surface area contributed by atoms with Crippen LogP contribution in [-0.4, -0.2) is 13.5 Å². The van der Waals surface area contributed by atoms with Crippen LogP contribution in [0.2, 0.25) is 0 Å². The Balaban J connectivity index is 3.22. The summed E-state index contributed by atoms with van der Waals surface area (Å²) in [5, 5.41) is 9.61. The van der Waals surface area contributed by atoms with Crippen LogP contribution < -0.4 is 0 Å². The second-order valence-corrected chi connectivity index (χ2v) is 6.75. The van der Waals surface area contributed by atoms with E-state index in [2.05, 4.69) is 15.9 Å². The van der Waals surface area contributed by atoms with Crippen molar-refractivity contribution in [3.05, 3.63) is 27.7 Å². The lowest BCUT2D eigenvalue weighted by Crippen LogP contribution is -1.97. The second kappa shape index (κ2) is 4.72. The van der Waals surface area contributed by atoms with Crippen LogP contribution >= 0.6 is 26.6 Å². The van der Waals surface area contributed by atoms with Gasteiger partial charge in [-0.25, -0.2) is 8.42 Å². The summed E-state index contributed by atoms with van der Waals surface area (Å²) in [5.41, 5.74) is 1.26. The summed E-state index contributed by atoms with van der Waals surface area (Å²) in [4.78, 5) is 0. The maximum absolute atomic E-state index is 10.9. The van der Waals surface area contributed by atoms with E-state index in [1.54, 1.807) is 12.1 Å². The molecule has 84 valence electrons. The average molecular weight is 314 g/mol. The van der Waals surface area contributed by atoms with Gasteiger partial charge in [-0.15, -0.1) is 0 Å². The van der Waals surface area contributed by atoms with Gasteiger partial charge >= 0.3 is 0 Å². The molecule has 0 saturated carbocycles. The molecule has 0 atom stereocenters. The van der Waals surface area contributed by atoms with Crippen molar-refractivity contribution in [2.24, 2.45) is 0 Å². The SMILES string of the molecule is CCc1cc(Br)c(O)c(CS(=O)(=O)Cl)c1. The minimum Gasteiger partial charge on any atom is -0.506 e. The number of aromatic hydroxyl groups is 1. The Kier molecular flexibility index (Phi) is 4.03. The largest absolute Gasteiger partial charge is 0.506 e. The lowest BCUT2D eigenvalue weighted by molar-refractivity contribution is 0.466. The lowest BCUT2D eigenvalue weighted by atomic mass is 10.1. The van der Waals surface area contributed by atoms with Gasteiger partial charge in [0.2, 0.25) is 9.05 Å². The van der Waals surface area contributed by atoms with Crippen LogP contribution in [0.3, 0.4) is 0 Å². The van der Waals surface area contributed by atoms with Crippen molar-refractivity contribution in [3.8, 4) is 5.75 Å². The molecule has 0 heterocycles. The highest BCUT2D eigenvalue weighted by Gasteiger charge is 2.14. The van der Waals surface area contributed by atoms with Gasteiger partial charge < -0.3 is 5.11 Å². The van der Waals surface area contributed by atoms with Gasteiger partial charge in [0.25, 0.3) is 0 Å². The third kappa shape index (κ3) is 3.66. The van der Waals surface area contributed by atoms with Crippen LogP contribution in [0, 0.1) is 0 Å². The molecule has 0 bridgehead atoms. The molecule has 1 aromatic carbocycles. The molecule has 0 aliphatic heterocycles. The van der Waals surface area contributed by atoms with Crippen LogP contribution in [-0.2, 0) is 21.2 Å². The highest BCUT2D eigenvalue weighted by Crippen LogP contribution is 2.31. The smallest absolute Gasteiger partial charge is 0.236 e. The van der Waals surface area contributed by atoms with Crippen molar-refractivity contribution >= 4 is 35.7 Å². The average Bonchev–Trinajstić information content (AvgIpc) is 2.10. The Labute approximate surface area is 102 Å². The van der Waals surface area contributed by atoms with E-state index in [9.17, 15) is 13.5 Å². The van der Waals surface area contributed by atoms with Crippen molar-refractivity contribution < 1.29 is 13.5 Å². The highest BCUT2D eigenvalue weighted by atomic mass is 79.9. The second-order valence-electron chi connectivity index (χ2n) is 3.12. The normalized spacial score (nSPS) is 11.7. The van der Waals surface area contributed by atoms with Crippen molar-refractivity contribution in [2.45, 2.75) is 19.1 Å². The van der Waals surface area contributed by atoms with E-state index in [1.807, 2.05) is 6.92 Å². The summed E-state index contributed by atoms with van der Waals surface area (Å²) in [6.45, 7) is 1.94. The number of phenols is 1. The molecule has 15 heavy (non-hydrogen) atoms. The van der Waals surface area contributed by atoms with Gasteiger partial charge in [-0.3, -0.25) is 0 Å². The molecule has 6 heteroatoms. The van der Waals surface area contributed by atoms with Gasteiger partial charge in [0.05, 0.1) is 10.2 Å². The summed E-state index contributed by atoms with van der Waals surface area (Å²) in [6, 6.07) is 3.39. The number of benzene rings is 1. The van der Waals surface area contributed by atoms with Crippen molar-refractivity contribution in [1.29, 1.82) is 0 Å². The van der Waals surface area contributed by atoms with E-state index < -0.39 is 9.05 Å². The molecule has 1 N–H and O–H groups in total. The van der Waals surface area contributed by atoms with Gasteiger partial charge in [-0.1, -0.05) is 13.0 Å². The molecule has 0 aliphatic carbocycles. The number of rotatable bonds is 3. The molecule has 0 amide bonds. The zero-order valence-corrected chi connectivity index (χ0v) is 11.2. The summed E-state index contributed by atoms with van der Waals surface area (Å²) < 4.78 is 22.3. The van der Waals surface area contributed by atoms with E-state index in [1.165, 1.54) is 0 Å². The van der Waals surface area contributed by atoms with Gasteiger partial charge in [0.1, 0.15) is 5.75 Å². The molecule has 0 spiro atoms. The van der Waals surface area contributed by atoms with Crippen molar-refractivity contribution in [3.63, 3.8) is 0 Å². The zero-order valence-electron chi connectivity index (χ0n) is 8.00. The summed E-state index contributed by atoms with van der Waals surface area (Å²) in [7, 11) is 1.48. The minimum absolute atomic E-state index is 0.0728. The standard InChI is InChI=1S/C9H10BrClO3S/c1-2-6-3-7(5-15(11,13)14)9(12)8(10)4-6/h3-4,12H,2,5H2,1H3. The number of hydrogen-bond acceptors (Lipinski definition) is 3. The topological polar surface area (TPSA) is 54.4 Å². The lowest BCUT2D eigenvalue weighted by Gasteiger charge is -2.07. The summed E-state index contributed by atoms with van der Waals surface area (Å²) >= 11 is 3.16. The zero-order chi connectivity index (χ0) is 11.6. The van der Waals surface area contributed by atoms with E-state index in [4.69, 9.17) is 10.7 Å². The fourth-order valence-electron chi connectivity index (χ4n) is 1.22. The van der Waals surface area contributed by atoms with Gasteiger partial charge in [-0.05, 0) is 34.0 Å². The molecule has 1 rings (SSSR count). The van der Waals surface area contributed by atoms with Gasteiger partial charge in [0, 0.05) is 16.2 Å². The Morgan fingerprint density at radius 3 is 2.53 bits per heavy atom. The first-order valence-corrected chi connectivity index (χ1v) is 7.53. The van der Waals surface area contributed by atoms with Gasteiger partial charge in [0.15, 0.2) is 0 Å². The van der Waals surface area contributed by atoms with E-state index in [0.29, 0.717) is 10.0 Å². The first kappa shape index (κ1) is 12.8. The number of halogens is 2. The van der Waals surface area contributed by atoms with Crippen LogP contribution in [0.5, 0.6) is 5.75 Å². The molecular formula is C9H10BrClO3S.